The molecule has 0 saturated heterocycles. The fraction of sp³-hybridized carbons (Fsp3) is 0.545. The summed E-state index contributed by atoms with van der Waals surface area (Å²) >= 11 is 3.03. The van der Waals surface area contributed by atoms with E-state index in [1.807, 2.05) is 45.0 Å². The summed E-state index contributed by atoms with van der Waals surface area (Å²) in [6.07, 6.45) is 0.888. The average Bonchev–Trinajstić information content (AvgIpc) is 2.76. The third kappa shape index (κ3) is 8.69. The Morgan fingerprint density at radius 2 is 1.61 bits per heavy atom. The van der Waals surface area contributed by atoms with Gasteiger partial charge in [-0.25, -0.2) is 4.79 Å². The lowest BCUT2D eigenvalue weighted by Crippen LogP contribution is -2.57. The molecule has 0 aliphatic carbocycles. The van der Waals surface area contributed by atoms with Gasteiger partial charge in [0.25, 0.3) is 0 Å². The number of nitrogens with one attached hydrogen (secondary N) is 3. The Bertz CT molecular complexity index is 769. The molecule has 8 nitrogen and oxygen atoms in total. The molecule has 3 N–H and O–H groups in total. The van der Waals surface area contributed by atoms with Crippen molar-refractivity contribution in [1.82, 2.24) is 16.0 Å². The number of ether oxygens (including phenoxy) is 1. The molecule has 0 heterocycles. The predicted octanol–water partition coefficient (Wildman–Crippen LogP) is 1.63. The standard InChI is InChI=1S/C22H32BrN3O5/c1-6-14(3)19(26-20(28)15(4)24-18(27)12-23)21(29)25-17(22(30)31-5)11-16-9-7-13(2)8-10-16/h7-10,14-15,17,19H,6,11-12H2,1-5H3,(H,24,27)(H,25,29)(H,26,28)/t14-,15-,17?,19-/m0/s1. The van der Waals surface area contributed by atoms with Crippen molar-refractivity contribution in [3.8, 4) is 0 Å². The molecule has 0 aliphatic heterocycles. The summed E-state index contributed by atoms with van der Waals surface area (Å²) in [6.45, 7) is 7.23. The number of alkyl halides is 1. The summed E-state index contributed by atoms with van der Waals surface area (Å²) in [5.41, 5.74) is 1.96. The molecule has 0 bridgehead atoms. The van der Waals surface area contributed by atoms with Crippen LogP contribution in [0.3, 0.4) is 0 Å². The molecule has 0 aliphatic rings. The molecule has 1 aromatic carbocycles. The van der Waals surface area contributed by atoms with Gasteiger partial charge in [-0.3, -0.25) is 14.4 Å². The highest BCUT2D eigenvalue weighted by Crippen LogP contribution is 2.11. The van der Waals surface area contributed by atoms with Gasteiger partial charge in [-0.2, -0.15) is 0 Å². The molecule has 0 fully saturated rings. The Hall–Kier alpha value is -2.42. The van der Waals surface area contributed by atoms with E-state index in [4.69, 9.17) is 4.74 Å². The Morgan fingerprint density at radius 3 is 2.13 bits per heavy atom. The van der Waals surface area contributed by atoms with E-state index in [0.29, 0.717) is 6.42 Å². The summed E-state index contributed by atoms with van der Waals surface area (Å²) in [5.74, 6) is -2.06. The number of benzene rings is 1. The number of esters is 1. The van der Waals surface area contributed by atoms with Crippen LogP contribution in [-0.4, -0.2) is 54.3 Å². The zero-order valence-electron chi connectivity index (χ0n) is 18.7. The molecule has 0 saturated carbocycles. The molecule has 172 valence electrons. The van der Waals surface area contributed by atoms with Crippen molar-refractivity contribution in [3.05, 3.63) is 35.4 Å². The number of carbonyl (C=O) groups is 4. The maximum atomic E-state index is 13.0. The van der Waals surface area contributed by atoms with Crippen LogP contribution in [0.15, 0.2) is 24.3 Å². The van der Waals surface area contributed by atoms with Crippen LogP contribution >= 0.6 is 15.9 Å². The maximum absolute atomic E-state index is 13.0. The summed E-state index contributed by atoms with van der Waals surface area (Å²) in [4.78, 5) is 49.3. The van der Waals surface area contributed by atoms with Crippen LogP contribution in [0.2, 0.25) is 0 Å². The summed E-state index contributed by atoms with van der Waals surface area (Å²) < 4.78 is 4.86. The van der Waals surface area contributed by atoms with E-state index in [-0.39, 0.29) is 23.6 Å². The minimum absolute atomic E-state index is 0.0692. The second kappa shape index (κ2) is 13.1. The molecule has 1 rings (SSSR count). The van der Waals surface area contributed by atoms with Crippen molar-refractivity contribution in [2.24, 2.45) is 5.92 Å². The number of hydrogen-bond donors (Lipinski definition) is 3. The molecular formula is C22H32BrN3O5. The van der Waals surface area contributed by atoms with Gasteiger partial charge in [-0.05, 0) is 25.3 Å². The quantitative estimate of drug-likeness (QED) is 0.317. The van der Waals surface area contributed by atoms with Crippen molar-refractivity contribution in [1.29, 1.82) is 0 Å². The smallest absolute Gasteiger partial charge is 0.328 e. The summed E-state index contributed by atoms with van der Waals surface area (Å²) in [5, 5.41) is 8.02. The minimum atomic E-state index is -0.894. The third-order valence-electron chi connectivity index (χ3n) is 5.05. The number of rotatable bonds is 11. The number of carbonyl (C=O) groups excluding carboxylic acids is 4. The number of hydrogen-bond acceptors (Lipinski definition) is 5. The first-order chi connectivity index (χ1) is 14.6. The Morgan fingerprint density at radius 1 is 1.00 bits per heavy atom. The van der Waals surface area contributed by atoms with E-state index >= 15 is 0 Å². The maximum Gasteiger partial charge on any atom is 0.328 e. The molecule has 31 heavy (non-hydrogen) atoms. The molecule has 0 aromatic heterocycles. The van der Waals surface area contributed by atoms with E-state index in [0.717, 1.165) is 11.1 Å². The van der Waals surface area contributed by atoms with Crippen molar-refractivity contribution < 1.29 is 23.9 Å². The molecule has 1 aromatic rings. The number of amides is 3. The molecule has 0 radical (unpaired) electrons. The third-order valence-corrected chi connectivity index (χ3v) is 5.56. The lowest BCUT2D eigenvalue weighted by molar-refractivity contribution is -0.145. The van der Waals surface area contributed by atoms with Crippen molar-refractivity contribution in [2.75, 3.05) is 12.4 Å². The van der Waals surface area contributed by atoms with Gasteiger partial charge in [0.15, 0.2) is 0 Å². The minimum Gasteiger partial charge on any atom is -0.467 e. The van der Waals surface area contributed by atoms with Gasteiger partial charge in [0, 0.05) is 6.42 Å². The van der Waals surface area contributed by atoms with Gasteiger partial charge in [0.1, 0.15) is 18.1 Å². The molecule has 0 spiro atoms. The predicted molar refractivity (Wildman–Crippen MR) is 122 cm³/mol. The van der Waals surface area contributed by atoms with Crippen LogP contribution in [0.4, 0.5) is 0 Å². The van der Waals surface area contributed by atoms with E-state index in [1.165, 1.54) is 14.0 Å². The van der Waals surface area contributed by atoms with Gasteiger partial charge in [-0.1, -0.05) is 66.0 Å². The topological polar surface area (TPSA) is 114 Å². The highest BCUT2D eigenvalue weighted by Gasteiger charge is 2.31. The monoisotopic (exact) mass is 497 g/mol. The Labute approximate surface area is 192 Å². The van der Waals surface area contributed by atoms with Crippen LogP contribution in [0, 0.1) is 12.8 Å². The molecular weight excluding hydrogens is 466 g/mol. The zero-order chi connectivity index (χ0) is 23.6. The second-order valence-corrected chi connectivity index (χ2v) is 8.13. The Kier molecular flexibility index (Phi) is 11.2. The van der Waals surface area contributed by atoms with Gasteiger partial charge >= 0.3 is 5.97 Å². The fourth-order valence-corrected chi connectivity index (χ4v) is 3.04. The van der Waals surface area contributed by atoms with Gasteiger partial charge in [0.2, 0.25) is 17.7 Å². The molecule has 4 atom stereocenters. The van der Waals surface area contributed by atoms with E-state index in [9.17, 15) is 19.2 Å². The highest BCUT2D eigenvalue weighted by atomic mass is 79.9. The number of aryl methyl sites for hydroxylation is 1. The van der Waals surface area contributed by atoms with Crippen molar-refractivity contribution >= 4 is 39.6 Å². The normalized spacial score (nSPS) is 14.5. The highest BCUT2D eigenvalue weighted by molar-refractivity contribution is 9.09. The van der Waals surface area contributed by atoms with Gasteiger partial charge < -0.3 is 20.7 Å². The largest absolute Gasteiger partial charge is 0.467 e. The van der Waals surface area contributed by atoms with Crippen LogP contribution in [-0.2, 0) is 30.3 Å². The van der Waals surface area contributed by atoms with E-state index in [1.54, 1.807) is 0 Å². The zero-order valence-corrected chi connectivity index (χ0v) is 20.2. The lowest BCUT2D eigenvalue weighted by atomic mass is 9.97. The van der Waals surface area contributed by atoms with E-state index < -0.39 is 35.9 Å². The van der Waals surface area contributed by atoms with Crippen LogP contribution in [0.1, 0.15) is 38.3 Å². The van der Waals surface area contributed by atoms with Gasteiger partial charge in [-0.15, -0.1) is 0 Å². The van der Waals surface area contributed by atoms with E-state index in [2.05, 4.69) is 31.9 Å². The SMILES string of the molecule is CC[C@H](C)[C@H](NC(=O)[C@H](C)NC(=O)CBr)C(=O)NC(Cc1ccc(C)cc1)C(=O)OC. The van der Waals surface area contributed by atoms with Crippen LogP contribution < -0.4 is 16.0 Å². The molecule has 9 heteroatoms. The van der Waals surface area contributed by atoms with Crippen molar-refractivity contribution in [2.45, 2.75) is 58.7 Å². The molecule has 3 amide bonds. The van der Waals surface area contributed by atoms with Crippen molar-refractivity contribution in [3.63, 3.8) is 0 Å². The fourth-order valence-electron chi connectivity index (χ4n) is 2.88. The van der Waals surface area contributed by atoms with Crippen LogP contribution in [0.5, 0.6) is 0 Å². The second-order valence-electron chi connectivity index (χ2n) is 7.57. The number of methoxy groups -OCH3 is 1. The van der Waals surface area contributed by atoms with Crippen LogP contribution in [0.25, 0.3) is 0 Å². The first-order valence-corrected chi connectivity index (χ1v) is 11.3. The average molecular weight is 498 g/mol. The first-order valence-electron chi connectivity index (χ1n) is 10.2. The lowest BCUT2D eigenvalue weighted by Gasteiger charge is -2.27. The number of halogens is 1. The molecule has 1 unspecified atom stereocenters. The summed E-state index contributed by atoms with van der Waals surface area (Å²) in [7, 11) is 1.26. The Balaban J connectivity index is 2.95. The summed E-state index contributed by atoms with van der Waals surface area (Å²) in [6, 6.07) is 5.06. The first kappa shape index (κ1) is 26.6. The van der Waals surface area contributed by atoms with Gasteiger partial charge in [0.05, 0.1) is 12.4 Å².